The van der Waals surface area contributed by atoms with Crippen LogP contribution in [0.25, 0.3) is 16.6 Å². The van der Waals surface area contributed by atoms with E-state index in [-0.39, 0.29) is 5.56 Å². The van der Waals surface area contributed by atoms with E-state index in [1.54, 1.807) is 18.3 Å². The standard InChI is InChI=1S/C20H14F3N5O2/c21-20(22,23)17-9-10-28(27-17)13-7-5-12(6-8-13)18(29)25-26-19(30)15-11-24-16-4-2-1-3-14(15)16/h1-11,24H,(H,25,29)(H,26,30). The van der Waals surface area contributed by atoms with E-state index in [1.807, 2.05) is 12.1 Å². The van der Waals surface area contributed by atoms with Gasteiger partial charge < -0.3 is 4.98 Å². The van der Waals surface area contributed by atoms with Gasteiger partial charge in [-0.25, -0.2) is 4.68 Å². The second-order valence-electron chi connectivity index (χ2n) is 6.35. The summed E-state index contributed by atoms with van der Waals surface area (Å²) in [4.78, 5) is 27.6. The highest BCUT2D eigenvalue weighted by molar-refractivity contribution is 6.07. The highest BCUT2D eigenvalue weighted by atomic mass is 19.4. The zero-order chi connectivity index (χ0) is 21.3. The van der Waals surface area contributed by atoms with Gasteiger partial charge in [0.2, 0.25) is 0 Å². The first kappa shape index (κ1) is 19.2. The summed E-state index contributed by atoms with van der Waals surface area (Å²) in [6, 6.07) is 13.8. The Hall–Kier alpha value is -4.08. The molecule has 2 heterocycles. The summed E-state index contributed by atoms with van der Waals surface area (Å²) in [6.07, 6.45) is -1.81. The Balaban J connectivity index is 1.41. The molecule has 0 aliphatic heterocycles. The van der Waals surface area contributed by atoms with Crippen molar-refractivity contribution in [3.8, 4) is 5.69 Å². The lowest BCUT2D eigenvalue weighted by atomic mass is 10.2. The number of halogens is 3. The van der Waals surface area contributed by atoms with Crippen LogP contribution >= 0.6 is 0 Å². The van der Waals surface area contributed by atoms with Crippen LogP contribution in [0.15, 0.2) is 67.0 Å². The van der Waals surface area contributed by atoms with E-state index in [4.69, 9.17) is 0 Å². The summed E-state index contributed by atoms with van der Waals surface area (Å²) >= 11 is 0. The van der Waals surface area contributed by atoms with E-state index in [9.17, 15) is 22.8 Å². The van der Waals surface area contributed by atoms with Gasteiger partial charge in [-0.05, 0) is 36.4 Å². The molecule has 0 radical (unpaired) electrons. The number of carbonyl (C=O) groups is 2. The van der Waals surface area contributed by atoms with Crippen LogP contribution in [0, 0.1) is 0 Å². The van der Waals surface area contributed by atoms with Gasteiger partial charge in [0.1, 0.15) is 0 Å². The number of aromatic amines is 1. The molecule has 0 fully saturated rings. The number of hydrogen-bond donors (Lipinski definition) is 3. The van der Waals surface area contributed by atoms with Gasteiger partial charge in [0.05, 0.1) is 11.3 Å². The third kappa shape index (κ3) is 3.75. The number of alkyl halides is 3. The van der Waals surface area contributed by atoms with Gasteiger partial charge in [0.25, 0.3) is 11.8 Å². The molecule has 0 saturated heterocycles. The quantitative estimate of drug-likeness (QED) is 0.449. The number of para-hydroxylation sites is 1. The molecule has 4 aromatic rings. The lowest BCUT2D eigenvalue weighted by Gasteiger charge is -2.08. The van der Waals surface area contributed by atoms with Gasteiger partial charge in [-0.2, -0.15) is 18.3 Å². The molecule has 4 rings (SSSR count). The lowest BCUT2D eigenvalue weighted by Crippen LogP contribution is -2.41. The smallest absolute Gasteiger partial charge is 0.360 e. The number of hydrazine groups is 1. The molecule has 0 bridgehead atoms. The van der Waals surface area contributed by atoms with E-state index >= 15 is 0 Å². The first-order valence-corrected chi connectivity index (χ1v) is 8.73. The van der Waals surface area contributed by atoms with Crippen LogP contribution in [-0.4, -0.2) is 26.6 Å². The van der Waals surface area contributed by atoms with Gasteiger partial charge in [-0.3, -0.25) is 20.4 Å². The number of rotatable bonds is 3. The minimum Gasteiger partial charge on any atom is -0.360 e. The molecular formula is C20H14F3N5O2. The third-order valence-electron chi connectivity index (χ3n) is 4.40. The number of fused-ring (bicyclic) bond motifs is 1. The highest BCUT2D eigenvalue weighted by Crippen LogP contribution is 2.27. The van der Waals surface area contributed by atoms with Crippen molar-refractivity contribution >= 4 is 22.7 Å². The van der Waals surface area contributed by atoms with Crippen LogP contribution in [0.5, 0.6) is 0 Å². The average molecular weight is 413 g/mol. The Morgan fingerprint density at radius 2 is 1.63 bits per heavy atom. The van der Waals surface area contributed by atoms with Crippen molar-refractivity contribution in [3.05, 3.63) is 83.8 Å². The van der Waals surface area contributed by atoms with Gasteiger partial charge in [-0.15, -0.1) is 0 Å². The van der Waals surface area contributed by atoms with Crippen molar-refractivity contribution in [2.45, 2.75) is 6.18 Å². The maximum Gasteiger partial charge on any atom is 0.435 e. The van der Waals surface area contributed by atoms with E-state index < -0.39 is 23.7 Å². The first-order valence-electron chi connectivity index (χ1n) is 8.73. The Labute approximate surface area is 167 Å². The van der Waals surface area contributed by atoms with Crippen molar-refractivity contribution in [3.63, 3.8) is 0 Å². The molecule has 0 aliphatic rings. The molecule has 0 atom stereocenters. The normalized spacial score (nSPS) is 11.4. The number of carbonyl (C=O) groups excluding carboxylic acids is 2. The molecule has 2 aromatic heterocycles. The minimum atomic E-state index is -4.53. The number of nitrogens with one attached hydrogen (secondary N) is 3. The minimum absolute atomic E-state index is 0.209. The highest BCUT2D eigenvalue weighted by Gasteiger charge is 2.33. The van der Waals surface area contributed by atoms with E-state index in [1.165, 1.54) is 30.5 Å². The Morgan fingerprint density at radius 3 is 2.33 bits per heavy atom. The second-order valence-corrected chi connectivity index (χ2v) is 6.35. The largest absolute Gasteiger partial charge is 0.435 e. The summed E-state index contributed by atoms with van der Waals surface area (Å²) in [7, 11) is 0. The van der Waals surface area contributed by atoms with Crippen molar-refractivity contribution < 1.29 is 22.8 Å². The number of hydrogen-bond acceptors (Lipinski definition) is 3. The Kier molecular flexibility index (Phi) is 4.74. The maximum absolute atomic E-state index is 12.7. The maximum atomic E-state index is 12.7. The summed E-state index contributed by atoms with van der Waals surface area (Å²) < 4.78 is 39.0. The van der Waals surface area contributed by atoms with Crippen LogP contribution in [-0.2, 0) is 6.18 Å². The van der Waals surface area contributed by atoms with Crippen LogP contribution in [0.4, 0.5) is 13.2 Å². The summed E-state index contributed by atoms with van der Waals surface area (Å²) in [5.41, 5.74) is 5.37. The third-order valence-corrected chi connectivity index (χ3v) is 4.40. The fraction of sp³-hybridized carbons (Fsp3) is 0.0500. The molecule has 10 heteroatoms. The van der Waals surface area contributed by atoms with Crippen LogP contribution in [0.2, 0.25) is 0 Å². The molecule has 3 N–H and O–H groups in total. The van der Waals surface area contributed by atoms with Gasteiger partial charge >= 0.3 is 6.18 Å². The van der Waals surface area contributed by atoms with Crippen molar-refractivity contribution in [2.24, 2.45) is 0 Å². The molecule has 0 spiro atoms. The first-order chi connectivity index (χ1) is 14.3. The molecule has 7 nitrogen and oxygen atoms in total. The summed E-state index contributed by atoms with van der Waals surface area (Å²) in [5, 5.41) is 4.18. The predicted molar refractivity (Wildman–Crippen MR) is 102 cm³/mol. The second kappa shape index (κ2) is 7.39. The molecular weight excluding hydrogens is 399 g/mol. The monoisotopic (exact) mass is 413 g/mol. The predicted octanol–water partition coefficient (Wildman–Crippen LogP) is 3.45. The summed E-state index contributed by atoms with van der Waals surface area (Å²) in [5.74, 6) is -1.07. The topological polar surface area (TPSA) is 91.8 Å². The zero-order valence-electron chi connectivity index (χ0n) is 15.2. The van der Waals surface area contributed by atoms with E-state index in [2.05, 4.69) is 20.9 Å². The molecule has 0 unspecified atom stereocenters. The van der Waals surface area contributed by atoms with E-state index in [0.29, 0.717) is 16.6 Å². The van der Waals surface area contributed by atoms with Crippen molar-refractivity contribution in [2.75, 3.05) is 0 Å². The van der Waals surface area contributed by atoms with E-state index in [0.717, 1.165) is 16.3 Å². The fourth-order valence-electron chi connectivity index (χ4n) is 2.90. The van der Waals surface area contributed by atoms with Gasteiger partial charge in [0.15, 0.2) is 5.69 Å². The summed E-state index contributed by atoms with van der Waals surface area (Å²) in [6.45, 7) is 0. The van der Waals surface area contributed by atoms with Crippen LogP contribution in [0.3, 0.4) is 0 Å². The van der Waals surface area contributed by atoms with Crippen molar-refractivity contribution in [1.82, 2.24) is 25.6 Å². The van der Waals surface area contributed by atoms with Crippen LogP contribution in [0.1, 0.15) is 26.4 Å². The molecule has 0 saturated carbocycles. The van der Waals surface area contributed by atoms with Crippen LogP contribution < -0.4 is 10.9 Å². The number of aromatic nitrogens is 3. The molecule has 0 aliphatic carbocycles. The molecule has 152 valence electrons. The van der Waals surface area contributed by atoms with Gasteiger partial charge in [0, 0.05) is 28.9 Å². The molecule has 2 amide bonds. The Morgan fingerprint density at radius 1 is 0.933 bits per heavy atom. The Bertz CT molecular complexity index is 1230. The SMILES string of the molecule is O=C(NNC(=O)c1c[nH]c2ccccc12)c1ccc(-n2ccc(C(F)(F)F)n2)cc1. The average Bonchev–Trinajstić information content (AvgIpc) is 3.39. The zero-order valence-corrected chi connectivity index (χ0v) is 15.2. The number of H-pyrrole nitrogens is 1. The molecule has 30 heavy (non-hydrogen) atoms. The van der Waals surface area contributed by atoms with Gasteiger partial charge in [-0.1, -0.05) is 18.2 Å². The number of amides is 2. The number of benzene rings is 2. The van der Waals surface area contributed by atoms with Crippen molar-refractivity contribution in [1.29, 1.82) is 0 Å². The molecule has 2 aromatic carbocycles. The fourth-order valence-corrected chi connectivity index (χ4v) is 2.90. The number of nitrogens with zero attached hydrogens (tertiary/aromatic N) is 2. The lowest BCUT2D eigenvalue weighted by molar-refractivity contribution is -0.141.